The number of aromatic nitrogens is 1. The Labute approximate surface area is 196 Å². The molecule has 2 aromatic heterocycles. The molecule has 2 amide bonds. The molecule has 0 aliphatic heterocycles. The second-order valence-corrected chi connectivity index (χ2v) is 9.19. The van der Waals surface area contributed by atoms with E-state index in [9.17, 15) is 9.59 Å². The first-order valence-corrected chi connectivity index (χ1v) is 11.4. The highest BCUT2D eigenvalue weighted by Crippen LogP contribution is 2.25. The molecule has 4 aromatic rings. The Balaban J connectivity index is 1.46. The Morgan fingerprint density at radius 1 is 0.970 bits per heavy atom. The standard InChI is InChI=1S/C26H25N3O3S/c1-15-7-5-10-21(17(15)3)24(30)27-14-22-18(4)32-26(29-22)19-8-6-9-20(13-19)28-25(31)23-12-11-16(2)33-23/h5-13H,14H2,1-4H3,(H,27,30)(H,28,31). The van der Waals surface area contributed by atoms with Crippen molar-refractivity contribution in [3.63, 3.8) is 0 Å². The second-order valence-electron chi connectivity index (χ2n) is 7.90. The molecule has 168 valence electrons. The highest BCUT2D eigenvalue weighted by molar-refractivity contribution is 7.14. The van der Waals surface area contributed by atoms with Gasteiger partial charge in [0.1, 0.15) is 11.5 Å². The smallest absolute Gasteiger partial charge is 0.265 e. The highest BCUT2D eigenvalue weighted by atomic mass is 32.1. The molecule has 7 heteroatoms. The second kappa shape index (κ2) is 9.42. The van der Waals surface area contributed by atoms with Crippen molar-refractivity contribution >= 4 is 28.8 Å². The van der Waals surface area contributed by atoms with E-state index in [0.29, 0.717) is 33.5 Å². The fourth-order valence-electron chi connectivity index (χ4n) is 3.45. The average molecular weight is 460 g/mol. The molecule has 0 radical (unpaired) electrons. The van der Waals surface area contributed by atoms with Crippen LogP contribution < -0.4 is 10.6 Å². The van der Waals surface area contributed by atoms with Gasteiger partial charge in [0.15, 0.2) is 0 Å². The number of carbonyl (C=O) groups is 2. The summed E-state index contributed by atoms with van der Waals surface area (Å²) in [7, 11) is 0. The molecule has 0 fully saturated rings. The minimum atomic E-state index is -0.149. The van der Waals surface area contributed by atoms with E-state index in [1.54, 1.807) is 0 Å². The summed E-state index contributed by atoms with van der Waals surface area (Å²) in [6.07, 6.45) is 0. The van der Waals surface area contributed by atoms with E-state index in [4.69, 9.17) is 4.42 Å². The van der Waals surface area contributed by atoms with Gasteiger partial charge in [-0.05, 0) is 75.2 Å². The normalized spacial score (nSPS) is 10.8. The van der Waals surface area contributed by atoms with Gasteiger partial charge in [-0.3, -0.25) is 9.59 Å². The lowest BCUT2D eigenvalue weighted by molar-refractivity contribution is 0.0949. The third kappa shape index (κ3) is 5.04. The first-order chi connectivity index (χ1) is 15.8. The van der Waals surface area contributed by atoms with Crippen LogP contribution in [0.4, 0.5) is 5.69 Å². The number of hydrogen-bond donors (Lipinski definition) is 2. The molecular weight excluding hydrogens is 434 g/mol. The summed E-state index contributed by atoms with van der Waals surface area (Å²) in [4.78, 5) is 31.4. The topological polar surface area (TPSA) is 84.2 Å². The summed E-state index contributed by atoms with van der Waals surface area (Å²) in [6.45, 7) is 7.97. The van der Waals surface area contributed by atoms with Gasteiger partial charge in [0.2, 0.25) is 5.89 Å². The van der Waals surface area contributed by atoms with Crippen molar-refractivity contribution in [2.75, 3.05) is 5.32 Å². The monoisotopic (exact) mass is 459 g/mol. The molecule has 2 heterocycles. The molecule has 2 aromatic carbocycles. The molecule has 0 saturated carbocycles. The van der Waals surface area contributed by atoms with E-state index >= 15 is 0 Å². The van der Waals surface area contributed by atoms with Crippen molar-refractivity contribution in [3.05, 3.63) is 92.5 Å². The Hall–Kier alpha value is -3.71. The van der Waals surface area contributed by atoms with E-state index in [1.807, 2.05) is 82.3 Å². The molecule has 0 saturated heterocycles. The summed E-state index contributed by atoms with van der Waals surface area (Å²) >= 11 is 1.45. The number of anilines is 1. The first kappa shape index (κ1) is 22.5. The number of benzene rings is 2. The minimum absolute atomic E-state index is 0.145. The van der Waals surface area contributed by atoms with Crippen molar-refractivity contribution < 1.29 is 14.0 Å². The van der Waals surface area contributed by atoms with Gasteiger partial charge in [-0.2, -0.15) is 0 Å². The number of nitrogens with one attached hydrogen (secondary N) is 2. The fraction of sp³-hybridized carbons (Fsp3) is 0.192. The molecule has 0 unspecified atom stereocenters. The summed E-state index contributed by atoms with van der Waals surface area (Å²) in [5.74, 6) is 0.777. The molecule has 0 aliphatic rings. The third-order valence-corrected chi connectivity index (χ3v) is 6.49. The van der Waals surface area contributed by atoms with Crippen LogP contribution in [-0.2, 0) is 6.54 Å². The molecular formula is C26H25N3O3S. The Morgan fingerprint density at radius 2 is 1.76 bits per heavy atom. The van der Waals surface area contributed by atoms with Crippen molar-refractivity contribution in [3.8, 4) is 11.5 Å². The third-order valence-electron chi connectivity index (χ3n) is 5.49. The van der Waals surface area contributed by atoms with Crippen LogP contribution in [0.2, 0.25) is 0 Å². The lowest BCUT2D eigenvalue weighted by Crippen LogP contribution is -2.24. The zero-order valence-electron chi connectivity index (χ0n) is 19.0. The van der Waals surface area contributed by atoms with Gasteiger partial charge in [0.25, 0.3) is 11.8 Å². The summed E-state index contributed by atoms with van der Waals surface area (Å²) < 4.78 is 5.86. The van der Waals surface area contributed by atoms with Gasteiger partial charge in [0, 0.05) is 21.7 Å². The van der Waals surface area contributed by atoms with Gasteiger partial charge in [-0.25, -0.2) is 4.98 Å². The minimum Gasteiger partial charge on any atom is -0.441 e. The Morgan fingerprint density at radius 3 is 2.52 bits per heavy atom. The molecule has 0 atom stereocenters. The lowest BCUT2D eigenvalue weighted by atomic mass is 10.0. The number of aryl methyl sites for hydroxylation is 3. The zero-order valence-corrected chi connectivity index (χ0v) is 19.8. The van der Waals surface area contributed by atoms with E-state index in [2.05, 4.69) is 15.6 Å². The Bertz CT molecular complexity index is 1340. The predicted molar refractivity (Wildman–Crippen MR) is 131 cm³/mol. The number of thiophene rings is 1. The number of rotatable bonds is 6. The van der Waals surface area contributed by atoms with Gasteiger partial charge in [-0.15, -0.1) is 11.3 Å². The van der Waals surface area contributed by atoms with Crippen LogP contribution in [-0.4, -0.2) is 16.8 Å². The SMILES string of the molecule is Cc1ccc(C(=O)Nc2cccc(-c3nc(CNC(=O)c4cccc(C)c4C)c(C)o3)c2)s1. The molecule has 0 bridgehead atoms. The quantitative estimate of drug-likeness (QED) is 0.381. The maximum absolute atomic E-state index is 12.6. The van der Waals surface area contributed by atoms with Crippen LogP contribution in [0.5, 0.6) is 0 Å². The zero-order chi connectivity index (χ0) is 23.5. The van der Waals surface area contributed by atoms with Gasteiger partial charge < -0.3 is 15.1 Å². The summed E-state index contributed by atoms with van der Waals surface area (Å²) in [6, 6.07) is 16.8. The largest absolute Gasteiger partial charge is 0.441 e. The average Bonchev–Trinajstić information content (AvgIpc) is 3.40. The van der Waals surface area contributed by atoms with Gasteiger partial charge in [-0.1, -0.05) is 18.2 Å². The molecule has 6 nitrogen and oxygen atoms in total. The molecule has 0 spiro atoms. The van der Waals surface area contributed by atoms with Crippen LogP contribution in [0, 0.1) is 27.7 Å². The maximum atomic E-state index is 12.6. The lowest BCUT2D eigenvalue weighted by Gasteiger charge is -2.08. The maximum Gasteiger partial charge on any atom is 0.265 e. The van der Waals surface area contributed by atoms with Crippen LogP contribution in [0.3, 0.4) is 0 Å². The number of amides is 2. The highest BCUT2D eigenvalue weighted by Gasteiger charge is 2.15. The van der Waals surface area contributed by atoms with Crippen molar-refractivity contribution in [1.29, 1.82) is 0 Å². The summed E-state index contributed by atoms with van der Waals surface area (Å²) in [5, 5.41) is 5.85. The number of carbonyl (C=O) groups excluding carboxylic acids is 2. The molecule has 2 N–H and O–H groups in total. The van der Waals surface area contributed by atoms with E-state index in [1.165, 1.54) is 11.3 Å². The van der Waals surface area contributed by atoms with E-state index < -0.39 is 0 Å². The van der Waals surface area contributed by atoms with Crippen LogP contribution in [0.15, 0.2) is 59.0 Å². The number of oxazole rings is 1. The van der Waals surface area contributed by atoms with Crippen LogP contribution in [0.1, 0.15) is 47.5 Å². The molecule has 4 rings (SSSR count). The summed E-state index contributed by atoms with van der Waals surface area (Å²) in [5.41, 5.74) is 4.75. The number of nitrogens with zero attached hydrogens (tertiary/aromatic N) is 1. The van der Waals surface area contributed by atoms with Crippen LogP contribution >= 0.6 is 11.3 Å². The van der Waals surface area contributed by atoms with Gasteiger partial charge in [0.05, 0.1) is 11.4 Å². The molecule has 0 aliphatic carbocycles. The van der Waals surface area contributed by atoms with E-state index in [-0.39, 0.29) is 18.4 Å². The first-order valence-electron chi connectivity index (χ1n) is 10.6. The van der Waals surface area contributed by atoms with Crippen molar-refractivity contribution in [1.82, 2.24) is 10.3 Å². The van der Waals surface area contributed by atoms with E-state index in [0.717, 1.165) is 21.6 Å². The molecule has 33 heavy (non-hydrogen) atoms. The van der Waals surface area contributed by atoms with Crippen molar-refractivity contribution in [2.24, 2.45) is 0 Å². The number of hydrogen-bond acceptors (Lipinski definition) is 5. The van der Waals surface area contributed by atoms with Gasteiger partial charge >= 0.3 is 0 Å². The van der Waals surface area contributed by atoms with Crippen molar-refractivity contribution in [2.45, 2.75) is 34.2 Å². The predicted octanol–water partition coefficient (Wildman–Crippen LogP) is 5.82. The van der Waals surface area contributed by atoms with Crippen LogP contribution in [0.25, 0.3) is 11.5 Å². The Kier molecular flexibility index (Phi) is 6.42. The fourth-order valence-corrected chi connectivity index (χ4v) is 4.21.